The summed E-state index contributed by atoms with van der Waals surface area (Å²) in [7, 11) is 0. The maximum absolute atomic E-state index is 13.1. The molecule has 1 aliphatic carbocycles. The van der Waals surface area contributed by atoms with Crippen LogP contribution >= 0.6 is 0 Å². The van der Waals surface area contributed by atoms with E-state index in [-0.39, 0.29) is 12.5 Å². The number of rotatable bonds is 4. The Labute approximate surface area is 81.5 Å². The molecule has 0 unspecified atom stereocenters. The summed E-state index contributed by atoms with van der Waals surface area (Å²) < 4.78 is 18.3. The number of aromatic nitrogens is 1. The van der Waals surface area contributed by atoms with Crippen molar-refractivity contribution in [2.75, 3.05) is 6.61 Å². The number of aliphatic hydroxyl groups is 1. The van der Waals surface area contributed by atoms with Gasteiger partial charge in [0, 0.05) is 0 Å². The third-order valence-corrected chi connectivity index (χ3v) is 2.19. The number of hydrogen-bond donors (Lipinski definition) is 1. The van der Waals surface area contributed by atoms with Crippen molar-refractivity contribution in [3.8, 4) is 5.88 Å². The molecule has 2 rings (SSSR count). The summed E-state index contributed by atoms with van der Waals surface area (Å²) >= 11 is 0. The minimum atomic E-state index is -0.470. The van der Waals surface area contributed by atoms with Crippen molar-refractivity contribution >= 4 is 0 Å². The summed E-state index contributed by atoms with van der Waals surface area (Å²) in [5, 5.41) is 8.80. The first-order chi connectivity index (χ1) is 6.79. The highest BCUT2D eigenvalue weighted by Gasteiger charge is 2.22. The lowest BCUT2D eigenvalue weighted by atomic mass is 10.3. The molecule has 0 spiro atoms. The van der Waals surface area contributed by atoms with Crippen LogP contribution in [0.3, 0.4) is 0 Å². The molecule has 1 aromatic heterocycles. The maximum atomic E-state index is 13.1. The fourth-order valence-electron chi connectivity index (χ4n) is 1.13. The number of nitrogens with zero attached hydrogens (tertiary/aromatic N) is 1. The average molecular weight is 197 g/mol. The SMILES string of the molecule is OCc1ccc(F)c(OCC2CC2)n1. The van der Waals surface area contributed by atoms with Gasteiger partial charge in [-0.05, 0) is 30.9 Å². The molecule has 0 amide bonds. The van der Waals surface area contributed by atoms with Gasteiger partial charge in [-0.3, -0.25) is 0 Å². The quantitative estimate of drug-likeness (QED) is 0.795. The maximum Gasteiger partial charge on any atom is 0.250 e. The normalized spacial score (nSPS) is 15.6. The second kappa shape index (κ2) is 3.92. The molecule has 1 N–H and O–H groups in total. The van der Waals surface area contributed by atoms with Crippen molar-refractivity contribution in [3.05, 3.63) is 23.6 Å². The Kier molecular flexibility index (Phi) is 2.63. The van der Waals surface area contributed by atoms with Crippen LogP contribution in [0.15, 0.2) is 12.1 Å². The first-order valence-electron chi connectivity index (χ1n) is 4.68. The van der Waals surface area contributed by atoms with Crippen LogP contribution in [0.1, 0.15) is 18.5 Å². The van der Waals surface area contributed by atoms with Crippen LogP contribution in [-0.2, 0) is 6.61 Å². The van der Waals surface area contributed by atoms with Gasteiger partial charge in [-0.25, -0.2) is 9.37 Å². The van der Waals surface area contributed by atoms with Crippen molar-refractivity contribution in [2.45, 2.75) is 19.4 Å². The largest absolute Gasteiger partial charge is 0.475 e. The molecular weight excluding hydrogens is 185 g/mol. The van der Waals surface area contributed by atoms with E-state index in [1.54, 1.807) is 0 Å². The van der Waals surface area contributed by atoms with Crippen molar-refractivity contribution in [1.82, 2.24) is 4.98 Å². The zero-order valence-corrected chi connectivity index (χ0v) is 7.74. The van der Waals surface area contributed by atoms with E-state index in [1.165, 1.54) is 12.1 Å². The second-order valence-corrected chi connectivity index (χ2v) is 3.50. The Hall–Kier alpha value is -1.16. The summed E-state index contributed by atoms with van der Waals surface area (Å²) in [6.45, 7) is 0.332. The molecule has 3 nitrogen and oxygen atoms in total. The third-order valence-electron chi connectivity index (χ3n) is 2.19. The number of halogens is 1. The highest BCUT2D eigenvalue weighted by Crippen LogP contribution is 2.29. The Morgan fingerprint density at radius 2 is 2.29 bits per heavy atom. The number of aliphatic hydroxyl groups excluding tert-OH is 1. The van der Waals surface area contributed by atoms with E-state index in [2.05, 4.69) is 4.98 Å². The van der Waals surface area contributed by atoms with Crippen LogP contribution in [0.25, 0.3) is 0 Å². The molecule has 14 heavy (non-hydrogen) atoms. The van der Waals surface area contributed by atoms with Gasteiger partial charge in [0.15, 0.2) is 5.82 Å². The molecule has 0 aromatic carbocycles. The van der Waals surface area contributed by atoms with Gasteiger partial charge in [-0.2, -0.15) is 0 Å². The Balaban J connectivity index is 2.04. The topological polar surface area (TPSA) is 42.4 Å². The van der Waals surface area contributed by atoms with Gasteiger partial charge in [0.25, 0.3) is 5.88 Å². The van der Waals surface area contributed by atoms with E-state index in [0.717, 1.165) is 12.8 Å². The Morgan fingerprint density at radius 1 is 1.50 bits per heavy atom. The summed E-state index contributed by atoms with van der Waals surface area (Å²) in [5.74, 6) is 0.0975. The second-order valence-electron chi connectivity index (χ2n) is 3.50. The average Bonchev–Trinajstić information content (AvgIpc) is 3.00. The molecule has 0 atom stereocenters. The predicted molar refractivity (Wildman–Crippen MR) is 48.3 cm³/mol. The van der Waals surface area contributed by atoms with Crippen molar-refractivity contribution < 1.29 is 14.2 Å². The first-order valence-corrected chi connectivity index (χ1v) is 4.68. The van der Waals surface area contributed by atoms with Crippen LogP contribution in [0.2, 0.25) is 0 Å². The van der Waals surface area contributed by atoms with E-state index in [4.69, 9.17) is 9.84 Å². The molecule has 1 heterocycles. The molecule has 4 heteroatoms. The summed E-state index contributed by atoms with van der Waals surface area (Å²) in [4.78, 5) is 3.84. The molecule has 0 aliphatic heterocycles. The third kappa shape index (κ3) is 2.20. The zero-order chi connectivity index (χ0) is 9.97. The van der Waals surface area contributed by atoms with Gasteiger partial charge in [0.2, 0.25) is 0 Å². The van der Waals surface area contributed by atoms with Crippen molar-refractivity contribution in [3.63, 3.8) is 0 Å². The smallest absolute Gasteiger partial charge is 0.250 e. The molecule has 1 saturated carbocycles. The first kappa shape index (κ1) is 9.40. The highest BCUT2D eigenvalue weighted by molar-refractivity contribution is 5.18. The van der Waals surface area contributed by atoms with Crippen LogP contribution in [0, 0.1) is 11.7 Å². The van der Waals surface area contributed by atoms with E-state index in [1.807, 2.05) is 0 Å². The molecule has 76 valence electrons. The summed E-state index contributed by atoms with van der Waals surface area (Å²) in [6.07, 6.45) is 2.31. The minimum absolute atomic E-state index is 0.00319. The molecule has 0 radical (unpaired) electrons. The van der Waals surface area contributed by atoms with Gasteiger partial charge in [-0.15, -0.1) is 0 Å². The van der Waals surface area contributed by atoms with E-state index in [0.29, 0.717) is 18.2 Å². The fraction of sp³-hybridized carbons (Fsp3) is 0.500. The highest BCUT2D eigenvalue weighted by atomic mass is 19.1. The lowest BCUT2D eigenvalue weighted by Gasteiger charge is -2.06. The minimum Gasteiger partial charge on any atom is -0.475 e. The number of pyridine rings is 1. The van der Waals surface area contributed by atoms with Gasteiger partial charge >= 0.3 is 0 Å². The van der Waals surface area contributed by atoms with Crippen molar-refractivity contribution in [1.29, 1.82) is 0 Å². The molecule has 0 saturated heterocycles. The van der Waals surface area contributed by atoms with Crippen LogP contribution in [0.4, 0.5) is 4.39 Å². The number of ether oxygens (including phenoxy) is 1. The van der Waals surface area contributed by atoms with Gasteiger partial charge in [0.05, 0.1) is 18.9 Å². The lowest BCUT2D eigenvalue weighted by molar-refractivity contribution is 0.257. The van der Waals surface area contributed by atoms with Gasteiger partial charge in [-0.1, -0.05) is 0 Å². The monoisotopic (exact) mass is 197 g/mol. The summed E-state index contributed by atoms with van der Waals surface area (Å²) in [5.41, 5.74) is 0.428. The molecule has 1 aromatic rings. The number of hydrogen-bond acceptors (Lipinski definition) is 3. The standard InChI is InChI=1S/C10H12FNO2/c11-9-4-3-8(5-13)12-10(9)14-6-7-1-2-7/h3-4,7,13H,1-2,5-6H2. The van der Waals surface area contributed by atoms with Gasteiger partial charge in [0.1, 0.15) is 0 Å². The Morgan fingerprint density at radius 3 is 2.93 bits per heavy atom. The molecular formula is C10H12FNO2. The van der Waals surface area contributed by atoms with Crippen molar-refractivity contribution in [2.24, 2.45) is 5.92 Å². The molecule has 1 aliphatic rings. The molecule has 1 fully saturated rings. The van der Waals surface area contributed by atoms with Gasteiger partial charge < -0.3 is 9.84 Å². The fourth-order valence-corrected chi connectivity index (χ4v) is 1.13. The lowest BCUT2D eigenvalue weighted by Crippen LogP contribution is -2.04. The predicted octanol–water partition coefficient (Wildman–Crippen LogP) is 1.50. The van der Waals surface area contributed by atoms with E-state index in [9.17, 15) is 4.39 Å². The molecule has 0 bridgehead atoms. The summed E-state index contributed by atoms with van der Waals surface area (Å²) in [6, 6.07) is 2.71. The van der Waals surface area contributed by atoms with Crippen LogP contribution < -0.4 is 4.74 Å². The Bertz CT molecular complexity index is 326. The van der Waals surface area contributed by atoms with Crippen LogP contribution in [0.5, 0.6) is 5.88 Å². The zero-order valence-electron chi connectivity index (χ0n) is 7.74. The van der Waals surface area contributed by atoms with E-state index >= 15 is 0 Å². The van der Waals surface area contributed by atoms with Crippen LogP contribution in [-0.4, -0.2) is 16.7 Å². The van der Waals surface area contributed by atoms with E-state index < -0.39 is 5.82 Å².